The molecule has 0 radical (unpaired) electrons. The van der Waals surface area contributed by atoms with Gasteiger partial charge in [-0.1, -0.05) is 0 Å². The second-order valence-electron chi connectivity index (χ2n) is 0.795. The van der Waals surface area contributed by atoms with E-state index in [2.05, 4.69) is 0 Å². The maximum absolute atomic E-state index is 11.4. The van der Waals surface area contributed by atoms with Crippen LogP contribution in [0.25, 0.3) is 0 Å². The monoisotopic (exact) mass is 160 g/mol. The highest BCUT2D eigenvalue weighted by atomic mass is 32.3. The molecule has 7 heteroatoms. The Morgan fingerprint density at radius 2 is 1.50 bits per heavy atom. The first-order valence-corrected chi connectivity index (χ1v) is 3.63. The normalized spacial score (nSPS) is 21.9. The molecular formula is CHFO4S2-2. The summed E-state index contributed by atoms with van der Waals surface area (Å²) in [6.45, 7) is 0. The van der Waals surface area contributed by atoms with Crippen LogP contribution >= 0.6 is 0 Å². The molecule has 50 valence electrons. The molecule has 0 rings (SSSR count). The summed E-state index contributed by atoms with van der Waals surface area (Å²) in [6, 6.07) is 0. The minimum atomic E-state index is -3.17. The van der Waals surface area contributed by atoms with E-state index in [0.717, 1.165) is 0 Å². The molecule has 2 unspecified atom stereocenters. The van der Waals surface area contributed by atoms with Gasteiger partial charge in [-0.25, -0.2) is 4.39 Å². The summed E-state index contributed by atoms with van der Waals surface area (Å²) < 4.78 is 48.9. The highest BCUT2D eigenvalue weighted by Crippen LogP contribution is 1.97. The summed E-state index contributed by atoms with van der Waals surface area (Å²) in [5.74, 6) is 0. The molecule has 0 aromatic heterocycles. The van der Waals surface area contributed by atoms with E-state index >= 15 is 0 Å². The third-order valence-electron chi connectivity index (χ3n) is 0.303. The minimum Gasteiger partial charge on any atom is -0.769 e. The van der Waals surface area contributed by atoms with Crippen molar-refractivity contribution < 1.29 is 21.9 Å². The Morgan fingerprint density at radius 3 is 1.50 bits per heavy atom. The predicted octanol–water partition coefficient (Wildman–Crippen LogP) is -1.00. The molecule has 0 aliphatic rings. The van der Waals surface area contributed by atoms with Gasteiger partial charge in [-0.3, -0.25) is 8.42 Å². The van der Waals surface area contributed by atoms with Gasteiger partial charge in [-0.05, 0) is 22.2 Å². The molecule has 0 saturated heterocycles. The maximum atomic E-state index is 11.4. The van der Waals surface area contributed by atoms with Crippen molar-refractivity contribution in [3.63, 3.8) is 0 Å². The fourth-order valence-electron chi connectivity index (χ4n) is 0.0642. The maximum Gasteiger partial charge on any atom is 0.222 e. The van der Waals surface area contributed by atoms with E-state index in [9.17, 15) is 21.9 Å². The molecule has 0 amide bonds. The SMILES string of the molecule is O=S([O-])C(F)S(=O)[O-]. The van der Waals surface area contributed by atoms with Crippen molar-refractivity contribution in [1.29, 1.82) is 0 Å². The number of hydrogen-bond acceptors (Lipinski definition) is 4. The van der Waals surface area contributed by atoms with Crippen molar-refractivity contribution in [2.45, 2.75) is 4.84 Å². The predicted molar refractivity (Wildman–Crippen MR) is 22.7 cm³/mol. The fourth-order valence-corrected chi connectivity index (χ4v) is 0.577. The second kappa shape index (κ2) is 3.23. The molecule has 0 aromatic rings. The van der Waals surface area contributed by atoms with Crippen molar-refractivity contribution in [3.8, 4) is 0 Å². The Balaban J connectivity index is 3.83. The van der Waals surface area contributed by atoms with Gasteiger partial charge in [0.15, 0.2) is 0 Å². The number of hydrogen-bond donors (Lipinski definition) is 0. The van der Waals surface area contributed by atoms with Crippen molar-refractivity contribution >= 4 is 22.2 Å². The van der Waals surface area contributed by atoms with Crippen LogP contribution in [-0.4, -0.2) is 22.4 Å². The molecule has 2 atom stereocenters. The number of rotatable bonds is 2. The molecular weight excluding hydrogens is 159 g/mol. The molecule has 0 fully saturated rings. The summed E-state index contributed by atoms with van der Waals surface area (Å²) in [4.78, 5) is -2.80. The smallest absolute Gasteiger partial charge is 0.222 e. The van der Waals surface area contributed by atoms with Gasteiger partial charge in [0, 0.05) is 0 Å². The van der Waals surface area contributed by atoms with E-state index < -0.39 is 27.0 Å². The van der Waals surface area contributed by atoms with E-state index in [1.54, 1.807) is 0 Å². The minimum absolute atomic E-state index is 2.80. The van der Waals surface area contributed by atoms with Crippen LogP contribution in [0.3, 0.4) is 0 Å². The Hall–Kier alpha value is 0.150. The van der Waals surface area contributed by atoms with Crippen LogP contribution in [-0.2, 0) is 22.2 Å². The summed E-state index contributed by atoms with van der Waals surface area (Å²) in [7, 11) is 0. The summed E-state index contributed by atoms with van der Waals surface area (Å²) in [6.07, 6.45) is 0. The molecule has 8 heavy (non-hydrogen) atoms. The van der Waals surface area contributed by atoms with Gasteiger partial charge < -0.3 is 9.11 Å². The number of halogens is 1. The zero-order valence-electron chi connectivity index (χ0n) is 3.40. The van der Waals surface area contributed by atoms with Crippen LogP contribution in [0.4, 0.5) is 4.39 Å². The topological polar surface area (TPSA) is 80.3 Å². The molecule has 0 heterocycles. The first-order valence-electron chi connectivity index (χ1n) is 1.36. The van der Waals surface area contributed by atoms with Crippen LogP contribution < -0.4 is 0 Å². The zero-order chi connectivity index (χ0) is 6.73. The van der Waals surface area contributed by atoms with Crippen LogP contribution in [0.1, 0.15) is 0 Å². The van der Waals surface area contributed by atoms with Crippen LogP contribution in [0.2, 0.25) is 0 Å². The lowest BCUT2D eigenvalue weighted by molar-refractivity contribution is 0.439. The highest BCUT2D eigenvalue weighted by molar-refractivity contribution is 7.97. The standard InChI is InChI=1S/CH3FO4S2/c2-1(7(3)4)8(5)6/h1H,(H,3,4)(H,5,6)/p-2. The lowest BCUT2D eigenvalue weighted by Gasteiger charge is -2.12. The lowest BCUT2D eigenvalue weighted by atomic mass is 11.8. The van der Waals surface area contributed by atoms with Gasteiger partial charge in [-0.2, -0.15) is 0 Å². The van der Waals surface area contributed by atoms with Gasteiger partial charge in [0.25, 0.3) is 0 Å². The van der Waals surface area contributed by atoms with E-state index in [4.69, 9.17) is 0 Å². The first-order chi connectivity index (χ1) is 3.55. The van der Waals surface area contributed by atoms with Crippen molar-refractivity contribution in [3.05, 3.63) is 0 Å². The van der Waals surface area contributed by atoms with Crippen LogP contribution in [0.15, 0.2) is 0 Å². The van der Waals surface area contributed by atoms with E-state index in [1.807, 2.05) is 0 Å². The third-order valence-corrected chi connectivity index (χ3v) is 1.85. The summed E-state index contributed by atoms with van der Waals surface area (Å²) >= 11 is -6.34. The zero-order valence-corrected chi connectivity index (χ0v) is 5.04. The lowest BCUT2D eigenvalue weighted by Crippen LogP contribution is -2.13. The van der Waals surface area contributed by atoms with Crippen molar-refractivity contribution in [2.24, 2.45) is 0 Å². The van der Waals surface area contributed by atoms with Gasteiger partial charge in [0.2, 0.25) is 4.84 Å². The van der Waals surface area contributed by atoms with Crippen molar-refractivity contribution in [2.75, 3.05) is 0 Å². The average Bonchev–Trinajstić information content (AvgIpc) is 1.64. The van der Waals surface area contributed by atoms with Gasteiger partial charge in [0.05, 0.1) is 0 Å². The van der Waals surface area contributed by atoms with E-state index in [-0.39, 0.29) is 0 Å². The Kier molecular flexibility index (Phi) is 3.29. The van der Waals surface area contributed by atoms with E-state index in [1.165, 1.54) is 0 Å². The molecule has 0 bridgehead atoms. The van der Waals surface area contributed by atoms with Gasteiger partial charge >= 0.3 is 0 Å². The Labute approximate surface area is 49.7 Å². The molecule has 0 aliphatic heterocycles. The highest BCUT2D eigenvalue weighted by Gasteiger charge is 2.03. The largest absolute Gasteiger partial charge is 0.769 e. The fraction of sp³-hybridized carbons (Fsp3) is 1.00. The second-order valence-corrected chi connectivity index (χ2v) is 2.96. The molecule has 0 aromatic carbocycles. The van der Waals surface area contributed by atoms with Crippen LogP contribution in [0, 0.1) is 0 Å². The summed E-state index contributed by atoms with van der Waals surface area (Å²) in [5, 5.41) is 0. The van der Waals surface area contributed by atoms with Gasteiger partial charge in [-0.15, -0.1) is 0 Å². The molecule has 4 nitrogen and oxygen atoms in total. The van der Waals surface area contributed by atoms with Gasteiger partial charge in [0.1, 0.15) is 0 Å². The van der Waals surface area contributed by atoms with Crippen LogP contribution in [0.5, 0.6) is 0 Å². The van der Waals surface area contributed by atoms with Crippen molar-refractivity contribution in [1.82, 2.24) is 0 Å². The molecule has 0 spiro atoms. The molecule has 0 aliphatic carbocycles. The first kappa shape index (κ1) is 8.15. The quantitative estimate of drug-likeness (QED) is 0.485. The average molecular weight is 160 g/mol. The Morgan fingerprint density at radius 1 is 1.25 bits per heavy atom. The third kappa shape index (κ3) is 2.46. The Bertz CT molecular complexity index is 109. The summed E-state index contributed by atoms with van der Waals surface area (Å²) in [5.41, 5.74) is 0. The molecule has 0 N–H and O–H groups in total. The number of alkyl halides is 1. The van der Waals surface area contributed by atoms with E-state index in [0.29, 0.717) is 0 Å². The molecule has 0 saturated carbocycles.